The summed E-state index contributed by atoms with van der Waals surface area (Å²) in [7, 11) is 0. The van der Waals surface area contributed by atoms with Crippen LogP contribution in [0.25, 0.3) is 10.8 Å². The van der Waals surface area contributed by atoms with Crippen LogP contribution in [0.4, 0.5) is 5.69 Å². The summed E-state index contributed by atoms with van der Waals surface area (Å²) >= 11 is 5.10. The Balaban J connectivity index is 1.52. The van der Waals surface area contributed by atoms with Gasteiger partial charge in [-0.25, -0.2) is 0 Å². The first kappa shape index (κ1) is 17.4. The van der Waals surface area contributed by atoms with Gasteiger partial charge >= 0.3 is 0 Å². The first-order valence-corrected chi connectivity index (χ1v) is 8.27. The lowest BCUT2D eigenvalue weighted by Gasteiger charge is -2.11. The average Bonchev–Trinajstić information content (AvgIpc) is 2.66. The van der Waals surface area contributed by atoms with Gasteiger partial charge in [-0.2, -0.15) is 5.26 Å². The van der Waals surface area contributed by atoms with E-state index in [-0.39, 0.29) is 17.6 Å². The highest BCUT2D eigenvalue weighted by Crippen LogP contribution is 2.20. The predicted molar refractivity (Wildman–Crippen MR) is 105 cm³/mol. The Morgan fingerprint density at radius 1 is 1.04 bits per heavy atom. The van der Waals surface area contributed by atoms with Crippen molar-refractivity contribution in [3.63, 3.8) is 0 Å². The quantitative estimate of drug-likeness (QED) is 0.695. The number of ether oxygens (including phenoxy) is 1. The molecule has 5 nitrogen and oxygen atoms in total. The summed E-state index contributed by atoms with van der Waals surface area (Å²) in [4.78, 5) is 12.0. The Morgan fingerprint density at radius 2 is 1.85 bits per heavy atom. The Bertz CT molecular complexity index is 1010. The minimum absolute atomic E-state index is 0.146. The zero-order valence-electron chi connectivity index (χ0n) is 13.7. The average molecular weight is 361 g/mol. The molecule has 1 amide bonds. The van der Waals surface area contributed by atoms with E-state index in [1.54, 1.807) is 24.3 Å². The lowest BCUT2D eigenvalue weighted by molar-refractivity contribution is -0.121. The van der Waals surface area contributed by atoms with Crippen molar-refractivity contribution in [3.8, 4) is 11.8 Å². The molecule has 3 rings (SSSR count). The normalized spacial score (nSPS) is 9.96. The standard InChI is InChI=1S/C20H15N3O2S/c21-12-14-4-3-7-17(10-14)22-20(26)23-19(24)13-25-18-9-8-15-5-1-2-6-16(15)11-18/h1-11H,13H2,(H2,22,23,24,26). The van der Waals surface area contributed by atoms with E-state index in [1.165, 1.54) is 0 Å². The number of anilines is 1. The topological polar surface area (TPSA) is 74.2 Å². The third kappa shape index (κ3) is 4.56. The fourth-order valence-electron chi connectivity index (χ4n) is 2.40. The lowest BCUT2D eigenvalue weighted by Crippen LogP contribution is -2.37. The van der Waals surface area contributed by atoms with Crippen molar-refractivity contribution >= 4 is 39.7 Å². The second-order valence-corrected chi connectivity index (χ2v) is 5.90. The summed E-state index contributed by atoms with van der Waals surface area (Å²) in [5.41, 5.74) is 1.13. The van der Waals surface area contributed by atoms with E-state index in [9.17, 15) is 4.79 Å². The van der Waals surface area contributed by atoms with Crippen molar-refractivity contribution in [3.05, 3.63) is 72.3 Å². The van der Waals surface area contributed by atoms with Crippen LogP contribution in [0.15, 0.2) is 66.7 Å². The zero-order valence-corrected chi connectivity index (χ0v) is 14.5. The number of nitrogens with one attached hydrogen (secondary N) is 2. The van der Waals surface area contributed by atoms with Crippen LogP contribution in [-0.2, 0) is 4.79 Å². The van der Waals surface area contributed by atoms with Gasteiger partial charge < -0.3 is 10.1 Å². The van der Waals surface area contributed by atoms with Crippen LogP contribution in [-0.4, -0.2) is 17.6 Å². The maximum atomic E-state index is 12.0. The van der Waals surface area contributed by atoms with Crippen molar-refractivity contribution in [2.75, 3.05) is 11.9 Å². The Kier molecular flexibility index (Phi) is 5.42. The highest BCUT2D eigenvalue weighted by molar-refractivity contribution is 7.80. The molecule has 0 spiro atoms. The van der Waals surface area contributed by atoms with Gasteiger partial charge in [-0.3, -0.25) is 10.1 Å². The van der Waals surface area contributed by atoms with Crippen LogP contribution in [0.5, 0.6) is 5.75 Å². The van der Waals surface area contributed by atoms with Gasteiger partial charge in [0.05, 0.1) is 11.6 Å². The minimum atomic E-state index is -0.368. The molecule has 0 heterocycles. The molecule has 0 saturated carbocycles. The van der Waals surface area contributed by atoms with Gasteiger partial charge in [0.2, 0.25) is 0 Å². The summed E-state index contributed by atoms with van der Waals surface area (Å²) in [6, 6.07) is 22.4. The number of rotatable bonds is 4. The van der Waals surface area contributed by atoms with E-state index in [1.807, 2.05) is 48.5 Å². The molecule has 3 aromatic carbocycles. The summed E-state index contributed by atoms with van der Waals surface area (Å²) < 4.78 is 5.52. The van der Waals surface area contributed by atoms with Crippen molar-refractivity contribution < 1.29 is 9.53 Å². The first-order valence-electron chi connectivity index (χ1n) is 7.86. The molecule has 6 heteroatoms. The van der Waals surface area contributed by atoms with E-state index in [0.717, 1.165) is 10.8 Å². The Morgan fingerprint density at radius 3 is 2.65 bits per heavy atom. The monoisotopic (exact) mass is 361 g/mol. The zero-order chi connectivity index (χ0) is 18.4. The molecular formula is C20H15N3O2S. The summed E-state index contributed by atoms with van der Waals surface area (Å²) in [6.07, 6.45) is 0. The van der Waals surface area contributed by atoms with Crippen LogP contribution in [0.3, 0.4) is 0 Å². The number of carbonyl (C=O) groups is 1. The fraction of sp³-hybridized carbons (Fsp3) is 0.0500. The number of carbonyl (C=O) groups excluding carboxylic acids is 1. The minimum Gasteiger partial charge on any atom is -0.484 e. The summed E-state index contributed by atoms with van der Waals surface area (Å²) in [6.45, 7) is -0.154. The molecule has 0 unspecified atom stereocenters. The van der Waals surface area contributed by atoms with Crippen molar-refractivity contribution in [1.29, 1.82) is 5.26 Å². The molecule has 0 fully saturated rings. The number of amides is 1. The van der Waals surface area contributed by atoms with Crippen molar-refractivity contribution in [1.82, 2.24) is 5.32 Å². The lowest BCUT2D eigenvalue weighted by atomic mass is 10.1. The molecule has 0 radical (unpaired) electrons. The smallest absolute Gasteiger partial charge is 0.264 e. The van der Waals surface area contributed by atoms with Crippen LogP contribution >= 0.6 is 12.2 Å². The van der Waals surface area contributed by atoms with Gasteiger partial charge in [0.15, 0.2) is 11.7 Å². The molecule has 0 aliphatic rings. The van der Waals surface area contributed by atoms with Crippen LogP contribution < -0.4 is 15.4 Å². The molecule has 0 saturated heterocycles. The summed E-state index contributed by atoms with van der Waals surface area (Å²) in [5.74, 6) is 0.242. The van der Waals surface area contributed by atoms with E-state index in [0.29, 0.717) is 17.0 Å². The third-order valence-corrected chi connectivity index (χ3v) is 3.80. The highest BCUT2D eigenvalue weighted by Gasteiger charge is 2.07. The highest BCUT2D eigenvalue weighted by atomic mass is 32.1. The number of benzene rings is 3. The van der Waals surface area contributed by atoms with E-state index in [4.69, 9.17) is 22.2 Å². The number of hydrogen-bond donors (Lipinski definition) is 2. The van der Waals surface area contributed by atoms with Crippen LogP contribution in [0, 0.1) is 11.3 Å². The number of hydrogen-bond acceptors (Lipinski definition) is 4. The van der Waals surface area contributed by atoms with E-state index in [2.05, 4.69) is 10.6 Å². The number of nitrogens with zero attached hydrogens (tertiary/aromatic N) is 1. The van der Waals surface area contributed by atoms with Gasteiger partial charge in [-0.05, 0) is 53.3 Å². The van der Waals surface area contributed by atoms with E-state index >= 15 is 0 Å². The third-order valence-electron chi connectivity index (χ3n) is 3.59. The van der Waals surface area contributed by atoms with Gasteiger partial charge in [0, 0.05) is 5.69 Å². The number of fused-ring (bicyclic) bond motifs is 1. The molecule has 2 N–H and O–H groups in total. The van der Waals surface area contributed by atoms with Gasteiger partial charge in [0.1, 0.15) is 5.75 Å². The molecule has 0 atom stereocenters. The first-order chi connectivity index (χ1) is 12.6. The second-order valence-electron chi connectivity index (χ2n) is 5.49. The fourth-order valence-corrected chi connectivity index (χ4v) is 2.63. The van der Waals surface area contributed by atoms with Crippen LogP contribution in [0.1, 0.15) is 5.56 Å². The van der Waals surface area contributed by atoms with Crippen LogP contribution in [0.2, 0.25) is 0 Å². The Labute approximate surface area is 156 Å². The molecule has 0 aromatic heterocycles. The predicted octanol–water partition coefficient (Wildman–Crippen LogP) is 3.60. The molecule has 128 valence electrons. The molecule has 0 aliphatic heterocycles. The largest absolute Gasteiger partial charge is 0.484 e. The molecular weight excluding hydrogens is 346 g/mol. The molecule has 3 aromatic rings. The summed E-state index contributed by atoms with van der Waals surface area (Å²) in [5, 5.41) is 16.6. The number of thiocarbonyl (C=S) groups is 1. The van der Waals surface area contributed by atoms with Crippen molar-refractivity contribution in [2.45, 2.75) is 0 Å². The van der Waals surface area contributed by atoms with E-state index < -0.39 is 0 Å². The van der Waals surface area contributed by atoms with Crippen molar-refractivity contribution in [2.24, 2.45) is 0 Å². The molecule has 0 aliphatic carbocycles. The SMILES string of the molecule is N#Cc1cccc(NC(=S)NC(=O)COc2ccc3ccccc3c2)c1. The maximum absolute atomic E-state index is 12.0. The second kappa shape index (κ2) is 8.10. The molecule has 0 bridgehead atoms. The van der Waals surface area contributed by atoms with Gasteiger partial charge in [-0.15, -0.1) is 0 Å². The number of nitriles is 1. The van der Waals surface area contributed by atoms with Gasteiger partial charge in [-0.1, -0.05) is 36.4 Å². The maximum Gasteiger partial charge on any atom is 0.264 e. The molecule has 26 heavy (non-hydrogen) atoms. The Hall–Kier alpha value is -3.43. The van der Waals surface area contributed by atoms with Gasteiger partial charge in [0.25, 0.3) is 5.91 Å².